The molecule has 1 aliphatic heterocycles. The molecular weight excluding hydrogens is 74.1 g/mol. The van der Waals surface area contributed by atoms with Crippen LogP contribution in [0, 0.1) is 0 Å². The molecule has 0 spiro atoms. The molecule has 1 aromatic rings. The second kappa shape index (κ2) is 0.535. The molecule has 0 N–H and O–H groups in total. The Kier molecular flexibility index (Phi) is 0.219. The standard InChI is InChI=1S/C5H5N/c1-2-5-4-6(5)3-1/h1-3H,4H2. The van der Waals surface area contributed by atoms with E-state index in [0.717, 1.165) is 0 Å². The van der Waals surface area contributed by atoms with Gasteiger partial charge in [0.05, 0.1) is 6.54 Å². The average Bonchev–Trinajstić information content (AvgIpc) is 2.17. The van der Waals surface area contributed by atoms with Crippen LogP contribution in [0.1, 0.15) is 5.69 Å². The van der Waals surface area contributed by atoms with E-state index in [1.165, 1.54) is 12.2 Å². The van der Waals surface area contributed by atoms with Crippen LogP contribution in [0.2, 0.25) is 0 Å². The van der Waals surface area contributed by atoms with Crippen LogP contribution in [-0.4, -0.2) is 4.57 Å². The Balaban J connectivity index is 2.88. The van der Waals surface area contributed by atoms with E-state index in [9.17, 15) is 0 Å². The Morgan fingerprint density at radius 3 is 2.83 bits per heavy atom. The second-order valence-electron chi connectivity index (χ2n) is 1.63. The first-order chi connectivity index (χ1) is 2.97. The Morgan fingerprint density at radius 2 is 2.67 bits per heavy atom. The maximum atomic E-state index is 2.21. The van der Waals surface area contributed by atoms with E-state index in [1.54, 1.807) is 0 Å². The van der Waals surface area contributed by atoms with Crippen molar-refractivity contribution < 1.29 is 0 Å². The average molecular weight is 79.1 g/mol. The van der Waals surface area contributed by atoms with Crippen molar-refractivity contribution in [1.29, 1.82) is 0 Å². The van der Waals surface area contributed by atoms with Gasteiger partial charge in [0.1, 0.15) is 0 Å². The zero-order valence-corrected chi connectivity index (χ0v) is 3.39. The third-order valence-electron chi connectivity index (χ3n) is 1.15. The molecule has 1 heteroatoms. The van der Waals surface area contributed by atoms with Crippen LogP contribution in [-0.2, 0) is 6.54 Å². The maximum Gasteiger partial charge on any atom is 0.0626 e. The Hall–Kier alpha value is -0.720. The summed E-state index contributed by atoms with van der Waals surface area (Å²) in [5.74, 6) is 0. The predicted molar refractivity (Wildman–Crippen MR) is 23.5 cm³/mol. The highest BCUT2D eigenvalue weighted by Crippen LogP contribution is 2.15. The smallest absolute Gasteiger partial charge is 0.0626 e. The highest BCUT2D eigenvalue weighted by Gasteiger charge is 2.10. The van der Waals surface area contributed by atoms with Gasteiger partial charge < -0.3 is 4.57 Å². The largest absolute Gasteiger partial charge is 0.344 e. The van der Waals surface area contributed by atoms with E-state index in [0.29, 0.717) is 0 Å². The molecule has 0 aromatic carbocycles. The van der Waals surface area contributed by atoms with Gasteiger partial charge in [-0.1, -0.05) is 0 Å². The first-order valence-corrected chi connectivity index (χ1v) is 2.11. The predicted octanol–water partition coefficient (Wildman–Crippen LogP) is 0.850. The monoisotopic (exact) mass is 79.0 g/mol. The fourth-order valence-electron chi connectivity index (χ4n) is 0.694. The molecule has 0 fully saturated rings. The van der Waals surface area contributed by atoms with Crippen molar-refractivity contribution in [3.05, 3.63) is 24.0 Å². The summed E-state index contributed by atoms with van der Waals surface area (Å²) in [5, 5.41) is 0. The molecule has 0 bridgehead atoms. The molecule has 6 heavy (non-hydrogen) atoms. The SMILES string of the molecule is c1cc2n(c1)C2. The molecule has 0 saturated heterocycles. The molecule has 30 valence electrons. The third-order valence-corrected chi connectivity index (χ3v) is 1.15. The van der Waals surface area contributed by atoms with Crippen molar-refractivity contribution in [2.24, 2.45) is 0 Å². The van der Waals surface area contributed by atoms with Crippen LogP contribution < -0.4 is 0 Å². The highest BCUT2D eigenvalue weighted by molar-refractivity contribution is 5.18. The lowest BCUT2D eigenvalue weighted by molar-refractivity contribution is 1.12. The molecular formula is C5H5N. The molecule has 0 radical (unpaired) electrons. The quantitative estimate of drug-likeness (QED) is 0.441. The fraction of sp³-hybridized carbons (Fsp3) is 0.200. The molecule has 0 atom stereocenters. The Morgan fingerprint density at radius 1 is 1.67 bits per heavy atom. The lowest BCUT2D eigenvalue weighted by Gasteiger charge is -1.60. The lowest BCUT2D eigenvalue weighted by Crippen LogP contribution is -1.55. The van der Waals surface area contributed by atoms with Gasteiger partial charge >= 0.3 is 0 Å². The molecule has 2 rings (SSSR count). The topological polar surface area (TPSA) is 4.93 Å². The zero-order chi connectivity index (χ0) is 3.98. The Bertz CT molecular complexity index is 148. The van der Waals surface area contributed by atoms with E-state index in [4.69, 9.17) is 0 Å². The van der Waals surface area contributed by atoms with Gasteiger partial charge in [0.25, 0.3) is 0 Å². The van der Waals surface area contributed by atoms with Gasteiger partial charge in [-0.25, -0.2) is 0 Å². The van der Waals surface area contributed by atoms with Gasteiger partial charge in [-0.2, -0.15) is 0 Å². The van der Waals surface area contributed by atoms with E-state index in [2.05, 4.69) is 22.9 Å². The van der Waals surface area contributed by atoms with Crippen LogP contribution in [0.15, 0.2) is 18.3 Å². The Labute approximate surface area is 36.2 Å². The van der Waals surface area contributed by atoms with Crippen LogP contribution in [0.25, 0.3) is 0 Å². The third kappa shape index (κ3) is 0.134. The molecule has 2 heterocycles. The van der Waals surface area contributed by atoms with Crippen LogP contribution in [0.4, 0.5) is 0 Å². The van der Waals surface area contributed by atoms with Crippen molar-refractivity contribution >= 4 is 0 Å². The number of hydrogen-bond acceptors (Lipinski definition) is 0. The van der Waals surface area contributed by atoms with Gasteiger partial charge in [-0.15, -0.1) is 0 Å². The summed E-state index contributed by atoms with van der Waals surface area (Å²) < 4.78 is 2.21. The molecule has 1 aromatic heterocycles. The second-order valence-corrected chi connectivity index (χ2v) is 1.63. The summed E-state index contributed by atoms with van der Waals surface area (Å²) >= 11 is 0. The van der Waals surface area contributed by atoms with Crippen molar-refractivity contribution in [2.75, 3.05) is 0 Å². The van der Waals surface area contributed by atoms with Gasteiger partial charge in [0, 0.05) is 11.9 Å². The van der Waals surface area contributed by atoms with Gasteiger partial charge in [-0.3, -0.25) is 0 Å². The molecule has 0 unspecified atom stereocenters. The minimum Gasteiger partial charge on any atom is -0.344 e. The van der Waals surface area contributed by atoms with Crippen molar-refractivity contribution in [3.63, 3.8) is 0 Å². The van der Waals surface area contributed by atoms with Crippen molar-refractivity contribution in [2.45, 2.75) is 6.54 Å². The molecule has 1 aliphatic rings. The summed E-state index contributed by atoms with van der Waals surface area (Å²) in [6, 6.07) is 4.21. The zero-order valence-electron chi connectivity index (χ0n) is 3.39. The summed E-state index contributed by atoms with van der Waals surface area (Å²) in [7, 11) is 0. The maximum absolute atomic E-state index is 2.21. The van der Waals surface area contributed by atoms with Crippen LogP contribution in [0.3, 0.4) is 0 Å². The number of aromatic nitrogens is 1. The number of nitrogens with zero attached hydrogens (tertiary/aromatic N) is 1. The summed E-state index contributed by atoms with van der Waals surface area (Å²) in [6.07, 6.45) is 2.09. The normalized spacial score (nSPS) is 14.0. The van der Waals surface area contributed by atoms with E-state index in [-0.39, 0.29) is 0 Å². The van der Waals surface area contributed by atoms with Gasteiger partial charge in [0.2, 0.25) is 0 Å². The lowest BCUT2D eigenvalue weighted by atomic mass is 10.5. The first-order valence-electron chi connectivity index (χ1n) is 2.11. The number of rotatable bonds is 0. The molecule has 0 amide bonds. The van der Waals surface area contributed by atoms with Crippen LogP contribution in [0.5, 0.6) is 0 Å². The summed E-state index contributed by atoms with van der Waals surface area (Å²) in [4.78, 5) is 0. The van der Waals surface area contributed by atoms with Crippen LogP contribution >= 0.6 is 0 Å². The summed E-state index contributed by atoms with van der Waals surface area (Å²) in [6.45, 7) is 1.19. The van der Waals surface area contributed by atoms with E-state index < -0.39 is 0 Å². The van der Waals surface area contributed by atoms with E-state index in [1.807, 2.05) is 0 Å². The minimum absolute atomic E-state index is 1.19. The van der Waals surface area contributed by atoms with Gasteiger partial charge in [-0.05, 0) is 12.1 Å². The minimum atomic E-state index is 1.19. The van der Waals surface area contributed by atoms with Crippen molar-refractivity contribution in [1.82, 2.24) is 4.57 Å². The molecule has 0 aliphatic carbocycles. The number of hydrogen-bond donors (Lipinski definition) is 0. The van der Waals surface area contributed by atoms with Gasteiger partial charge in [0.15, 0.2) is 0 Å². The summed E-state index contributed by atoms with van der Waals surface area (Å²) in [5.41, 5.74) is 1.47. The van der Waals surface area contributed by atoms with Crippen molar-refractivity contribution in [3.8, 4) is 0 Å². The van der Waals surface area contributed by atoms with E-state index >= 15 is 0 Å². The fourth-order valence-corrected chi connectivity index (χ4v) is 0.694. The number of fused-ring (bicyclic) bond motifs is 1. The highest BCUT2D eigenvalue weighted by atomic mass is 15.1. The molecule has 0 saturated carbocycles. The molecule has 1 nitrogen and oxygen atoms in total. The first kappa shape index (κ1) is 2.45.